The Morgan fingerprint density at radius 1 is 1.08 bits per heavy atom. The second-order valence-corrected chi connectivity index (χ2v) is 9.56. The molecular formula is C19H21ClFNO3S. The first-order valence-electron chi connectivity index (χ1n) is 8.02. The van der Waals surface area contributed by atoms with Crippen LogP contribution in [0.5, 0.6) is 0 Å². The summed E-state index contributed by atoms with van der Waals surface area (Å²) < 4.78 is 38.0. The van der Waals surface area contributed by atoms with E-state index in [2.05, 4.69) is 5.32 Å². The summed E-state index contributed by atoms with van der Waals surface area (Å²) in [5.74, 6) is -1.68. The second-order valence-electron chi connectivity index (χ2n) is 7.13. The van der Waals surface area contributed by atoms with Gasteiger partial charge in [-0.1, -0.05) is 44.5 Å². The van der Waals surface area contributed by atoms with Crippen LogP contribution in [0.25, 0.3) is 0 Å². The SMILES string of the molecule is CC(C)(C)C(NC(=O)CS(=O)(=O)c1ccc(Cl)cc1)c1ccc(F)cc1. The molecule has 0 aliphatic rings. The first kappa shape index (κ1) is 20.4. The van der Waals surface area contributed by atoms with Crippen LogP contribution in [0.15, 0.2) is 53.4 Å². The number of amides is 1. The second kappa shape index (κ2) is 7.76. The van der Waals surface area contributed by atoms with Crippen LogP contribution in [0.1, 0.15) is 32.4 Å². The van der Waals surface area contributed by atoms with Gasteiger partial charge in [-0.3, -0.25) is 4.79 Å². The molecule has 0 heterocycles. The Morgan fingerprint density at radius 2 is 1.62 bits per heavy atom. The fourth-order valence-electron chi connectivity index (χ4n) is 2.56. The molecule has 0 fully saturated rings. The van der Waals surface area contributed by atoms with E-state index < -0.39 is 33.0 Å². The van der Waals surface area contributed by atoms with Crippen molar-refractivity contribution in [2.75, 3.05) is 5.75 Å². The molecule has 4 nitrogen and oxygen atoms in total. The molecule has 0 aliphatic heterocycles. The molecule has 1 atom stereocenters. The van der Waals surface area contributed by atoms with Crippen LogP contribution < -0.4 is 5.32 Å². The van der Waals surface area contributed by atoms with E-state index in [1.54, 1.807) is 12.1 Å². The van der Waals surface area contributed by atoms with Crippen LogP contribution >= 0.6 is 11.6 Å². The van der Waals surface area contributed by atoms with Gasteiger partial charge in [-0.2, -0.15) is 0 Å². The highest BCUT2D eigenvalue weighted by Crippen LogP contribution is 2.32. The quantitative estimate of drug-likeness (QED) is 0.824. The zero-order valence-corrected chi connectivity index (χ0v) is 16.4. The van der Waals surface area contributed by atoms with Crippen molar-refractivity contribution in [1.82, 2.24) is 5.32 Å². The molecule has 0 aromatic heterocycles. The summed E-state index contributed by atoms with van der Waals surface area (Å²) in [6.07, 6.45) is 0. The van der Waals surface area contributed by atoms with Crippen LogP contribution in [0, 0.1) is 11.2 Å². The number of sulfone groups is 1. The fraction of sp³-hybridized carbons (Fsp3) is 0.316. The Morgan fingerprint density at radius 3 is 2.12 bits per heavy atom. The molecule has 7 heteroatoms. The molecule has 26 heavy (non-hydrogen) atoms. The Balaban J connectivity index is 2.19. The maximum Gasteiger partial charge on any atom is 0.236 e. The molecule has 0 aliphatic carbocycles. The number of carbonyl (C=O) groups excluding carboxylic acids is 1. The number of nitrogens with one attached hydrogen (secondary N) is 1. The van der Waals surface area contributed by atoms with Gasteiger partial charge in [0, 0.05) is 5.02 Å². The molecule has 0 bridgehead atoms. The topological polar surface area (TPSA) is 63.2 Å². The van der Waals surface area contributed by atoms with Crippen molar-refractivity contribution in [2.45, 2.75) is 31.7 Å². The van der Waals surface area contributed by atoms with Crippen LogP contribution in [0.4, 0.5) is 4.39 Å². The van der Waals surface area contributed by atoms with Gasteiger partial charge >= 0.3 is 0 Å². The Bertz CT molecular complexity index is 872. The average Bonchev–Trinajstić information content (AvgIpc) is 2.52. The van der Waals surface area contributed by atoms with Crippen molar-refractivity contribution >= 4 is 27.3 Å². The molecule has 0 saturated heterocycles. The predicted molar refractivity (Wildman–Crippen MR) is 100 cm³/mol. The third-order valence-electron chi connectivity index (χ3n) is 3.87. The van der Waals surface area contributed by atoms with Gasteiger partial charge in [0.2, 0.25) is 5.91 Å². The van der Waals surface area contributed by atoms with Crippen molar-refractivity contribution < 1.29 is 17.6 Å². The lowest BCUT2D eigenvalue weighted by Gasteiger charge is -2.32. The highest BCUT2D eigenvalue weighted by atomic mass is 35.5. The van der Waals surface area contributed by atoms with Crippen LogP contribution in [0.2, 0.25) is 5.02 Å². The van der Waals surface area contributed by atoms with E-state index in [9.17, 15) is 17.6 Å². The van der Waals surface area contributed by atoms with Crippen molar-refractivity contribution in [3.8, 4) is 0 Å². The highest BCUT2D eigenvalue weighted by molar-refractivity contribution is 7.92. The first-order chi connectivity index (χ1) is 12.0. The van der Waals surface area contributed by atoms with Gasteiger partial charge in [-0.15, -0.1) is 0 Å². The fourth-order valence-corrected chi connectivity index (χ4v) is 3.83. The summed E-state index contributed by atoms with van der Waals surface area (Å²) in [7, 11) is -3.79. The molecule has 1 amide bonds. The Kier molecular flexibility index (Phi) is 6.09. The summed E-state index contributed by atoms with van der Waals surface area (Å²) in [5, 5.41) is 3.18. The Hall–Kier alpha value is -1.92. The number of rotatable bonds is 5. The number of halogens is 2. The van der Waals surface area contributed by atoms with Gasteiger partial charge in [-0.05, 0) is 47.4 Å². The van der Waals surface area contributed by atoms with Gasteiger partial charge in [0.05, 0.1) is 10.9 Å². The molecule has 140 valence electrons. The van der Waals surface area contributed by atoms with Crippen LogP contribution in [0.3, 0.4) is 0 Å². The third kappa shape index (κ3) is 5.29. The largest absolute Gasteiger partial charge is 0.348 e. The van der Waals surface area contributed by atoms with E-state index in [0.29, 0.717) is 10.6 Å². The normalized spacial score (nSPS) is 13.3. The molecular weight excluding hydrogens is 377 g/mol. The summed E-state index contributed by atoms with van der Waals surface area (Å²) in [5.41, 5.74) is 0.313. The van der Waals surface area contributed by atoms with Gasteiger partial charge in [0.25, 0.3) is 0 Å². The molecule has 0 radical (unpaired) electrons. The van der Waals surface area contributed by atoms with E-state index >= 15 is 0 Å². The summed E-state index contributed by atoms with van der Waals surface area (Å²) in [6.45, 7) is 5.74. The van der Waals surface area contributed by atoms with E-state index in [1.807, 2.05) is 20.8 Å². The maximum absolute atomic E-state index is 13.2. The summed E-state index contributed by atoms with van der Waals surface area (Å²) in [6, 6.07) is 11.0. The van der Waals surface area contributed by atoms with Crippen LogP contribution in [-0.2, 0) is 14.6 Å². The van der Waals surface area contributed by atoms with Crippen LogP contribution in [-0.4, -0.2) is 20.1 Å². The standard InChI is InChI=1S/C19H21ClFNO3S/c1-19(2,3)18(13-4-8-15(21)9-5-13)22-17(23)12-26(24,25)16-10-6-14(20)7-11-16/h4-11,18H,12H2,1-3H3,(H,22,23). The summed E-state index contributed by atoms with van der Waals surface area (Å²) in [4.78, 5) is 12.4. The molecule has 0 spiro atoms. The lowest BCUT2D eigenvalue weighted by atomic mass is 9.82. The van der Waals surface area contributed by atoms with Crippen molar-refractivity contribution in [2.24, 2.45) is 5.41 Å². The van der Waals surface area contributed by atoms with E-state index in [-0.39, 0.29) is 10.7 Å². The van der Waals surface area contributed by atoms with Gasteiger partial charge in [-0.25, -0.2) is 12.8 Å². The van der Waals surface area contributed by atoms with E-state index in [1.165, 1.54) is 36.4 Å². The van der Waals surface area contributed by atoms with Gasteiger partial charge < -0.3 is 5.32 Å². The van der Waals surface area contributed by atoms with E-state index in [4.69, 9.17) is 11.6 Å². The zero-order chi connectivity index (χ0) is 19.5. The van der Waals surface area contributed by atoms with E-state index in [0.717, 1.165) is 0 Å². The number of carbonyl (C=O) groups is 1. The van der Waals surface area contributed by atoms with Gasteiger partial charge in [0.15, 0.2) is 9.84 Å². The smallest absolute Gasteiger partial charge is 0.236 e. The zero-order valence-electron chi connectivity index (χ0n) is 14.8. The lowest BCUT2D eigenvalue weighted by Crippen LogP contribution is -2.39. The van der Waals surface area contributed by atoms with Gasteiger partial charge in [0.1, 0.15) is 11.6 Å². The molecule has 2 rings (SSSR count). The minimum absolute atomic E-state index is 0.0335. The monoisotopic (exact) mass is 397 g/mol. The predicted octanol–water partition coefficient (Wildman–Crippen LogP) is 4.16. The molecule has 0 saturated carbocycles. The Labute approximate surface area is 158 Å². The van der Waals surface area contributed by atoms with Crippen molar-refractivity contribution in [3.05, 3.63) is 64.9 Å². The maximum atomic E-state index is 13.2. The third-order valence-corrected chi connectivity index (χ3v) is 5.75. The number of hydrogen-bond acceptors (Lipinski definition) is 3. The molecule has 2 aromatic carbocycles. The number of benzene rings is 2. The average molecular weight is 398 g/mol. The minimum atomic E-state index is -3.79. The minimum Gasteiger partial charge on any atom is -0.348 e. The summed E-state index contributed by atoms with van der Waals surface area (Å²) >= 11 is 5.76. The first-order valence-corrected chi connectivity index (χ1v) is 10.1. The van der Waals surface area contributed by atoms with Crippen molar-refractivity contribution in [1.29, 1.82) is 0 Å². The molecule has 2 aromatic rings. The molecule has 1 unspecified atom stereocenters. The molecule has 1 N–H and O–H groups in total. The number of hydrogen-bond donors (Lipinski definition) is 1. The lowest BCUT2D eigenvalue weighted by molar-refractivity contribution is -0.120. The van der Waals surface area contributed by atoms with Crippen molar-refractivity contribution in [3.63, 3.8) is 0 Å². The highest BCUT2D eigenvalue weighted by Gasteiger charge is 2.29.